The third-order valence-electron chi connectivity index (χ3n) is 6.94. The number of rotatable bonds is 4. The molecule has 2 amide bonds. The lowest BCUT2D eigenvalue weighted by atomic mass is 9.46. The van der Waals surface area contributed by atoms with E-state index in [0.717, 1.165) is 37.2 Å². The number of carbonyl (C=O) groups is 2. The van der Waals surface area contributed by atoms with Gasteiger partial charge in [0.15, 0.2) is 0 Å². The van der Waals surface area contributed by atoms with Crippen LogP contribution in [0.15, 0.2) is 36.4 Å². The highest BCUT2D eigenvalue weighted by Crippen LogP contribution is 2.60. The first-order valence-corrected chi connectivity index (χ1v) is 9.80. The molecule has 3 atom stereocenters. The van der Waals surface area contributed by atoms with Crippen LogP contribution in [0, 0.1) is 17.3 Å². The molecule has 4 aliphatic rings. The zero-order chi connectivity index (χ0) is 19.2. The van der Waals surface area contributed by atoms with Crippen molar-refractivity contribution < 1.29 is 14.3 Å². The minimum atomic E-state index is -0.585. The molecular formula is C22H28N2O3. The molecule has 0 aromatic heterocycles. The van der Waals surface area contributed by atoms with Gasteiger partial charge in [0, 0.05) is 12.5 Å². The smallest absolute Gasteiger partial charge is 0.309 e. The van der Waals surface area contributed by atoms with Crippen molar-refractivity contribution in [1.82, 2.24) is 10.6 Å². The maximum atomic E-state index is 12.3. The Morgan fingerprint density at radius 1 is 1.15 bits per heavy atom. The third kappa shape index (κ3) is 3.29. The monoisotopic (exact) mass is 368 g/mol. The Bertz CT molecular complexity index is 764. The Morgan fingerprint density at radius 2 is 1.85 bits per heavy atom. The van der Waals surface area contributed by atoms with E-state index in [4.69, 9.17) is 4.74 Å². The van der Waals surface area contributed by atoms with Crippen molar-refractivity contribution in [3.8, 4) is 0 Å². The van der Waals surface area contributed by atoms with Crippen LogP contribution in [0.2, 0.25) is 0 Å². The first-order chi connectivity index (χ1) is 12.9. The summed E-state index contributed by atoms with van der Waals surface area (Å²) in [5.41, 5.74) is 3.58. The molecule has 2 N–H and O–H groups in total. The number of carbonyl (C=O) groups excluding carboxylic acids is 2. The fourth-order valence-corrected chi connectivity index (χ4v) is 4.70. The molecule has 0 radical (unpaired) electrons. The van der Waals surface area contributed by atoms with E-state index >= 15 is 0 Å². The van der Waals surface area contributed by atoms with Crippen molar-refractivity contribution in [2.24, 2.45) is 17.3 Å². The van der Waals surface area contributed by atoms with Gasteiger partial charge in [-0.25, -0.2) is 0 Å². The number of hydrogen-bond acceptors (Lipinski definition) is 3. The predicted molar refractivity (Wildman–Crippen MR) is 103 cm³/mol. The lowest BCUT2D eigenvalue weighted by molar-refractivity contribution is -0.140. The van der Waals surface area contributed by atoms with Gasteiger partial charge in [-0.1, -0.05) is 50.3 Å². The molecule has 3 aliphatic carbocycles. The molecule has 3 saturated carbocycles. The molecule has 5 nitrogen and oxygen atoms in total. The van der Waals surface area contributed by atoms with Gasteiger partial charge in [-0.2, -0.15) is 0 Å². The van der Waals surface area contributed by atoms with Gasteiger partial charge < -0.3 is 15.4 Å². The minimum Gasteiger partial charge on any atom is -0.380 e. The van der Waals surface area contributed by atoms with Crippen molar-refractivity contribution in [1.29, 1.82) is 0 Å². The molecule has 1 heterocycles. The van der Waals surface area contributed by atoms with Crippen LogP contribution < -0.4 is 10.6 Å². The number of fused-ring (bicyclic) bond motifs is 2. The van der Waals surface area contributed by atoms with E-state index in [1.807, 2.05) is 12.1 Å². The summed E-state index contributed by atoms with van der Waals surface area (Å²) in [6.07, 6.45) is 2.04. The van der Waals surface area contributed by atoms with Crippen molar-refractivity contribution in [3.05, 3.63) is 47.5 Å². The molecule has 1 aliphatic heterocycles. The number of ether oxygens (including phenoxy) is 1. The van der Waals surface area contributed by atoms with Crippen molar-refractivity contribution in [3.63, 3.8) is 0 Å². The highest BCUT2D eigenvalue weighted by molar-refractivity contribution is 6.35. The van der Waals surface area contributed by atoms with Gasteiger partial charge in [0.05, 0.1) is 19.3 Å². The van der Waals surface area contributed by atoms with Crippen molar-refractivity contribution in [2.45, 2.75) is 45.2 Å². The Labute approximate surface area is 160 Å². The highest BCUT2D eigenvalue weighted by Gasteiger charge is 2.55. The molecule has 1 aromatic carbocycles. The van der Waals surface area contributed by atoms with Gasteiger partial charge in [0.1, 0.15) is 0 Å². The number of amides is 2. The van der Waals surface area contributed by atoms with Crippen molar-refractivity contribution >= 4 is 11.8 Å². The second kappa shape index (κ2) is 6.79. The second-order valence-electron chi connectivity index (χ2n) is 8.80. The minimum absolute atomic E-state index is 0.0796. The van der Waals surface area contributed by atoms with E-state index in [2.05, 4.69) is 43.2 Å². The molecule has 5 rings (SSSR count). The third-order valence-corrected chi connectivity index (χ3v) is 6.94. The first kappa shape index (κ1) is 18.2. The quantitative estimate of drug-likeness (QED) is 0.634. The molecule has 4 fully saturated rings. The van der Waals surface area contributed by atoms with Gasteiger partial charge in [-0.3, -0.25) is 9.59 Å². The van der Waals surface area contributed by atoms with E-state index < -0.39 is 11.8 Å². The topological polar surface area (TPSA) is 67.4 Å². The Morgan fingerprint density at radius 3 is 2.41 bits per heavy atom. The summed E-state index contributed by atoms with van der Waals surface area (Å²) in [6, 6.07) is 8.03. The maximum Gasteiger partial charge on any atom is 0.309 e. The van der Waals surface area contributed by atoms with Crippen LogP contribution in [-0.4, -0.2) is 31.1 Å². The van der Waals surface area contributed by atoms with Gasteiger partial charge in [-0.05, 0) is 41.2 Å². The van der Waals surface area contributed by atoms with Crippen LogP contribution >= 0.6 is 0 Å². The normalized spacial score (nSPS) is 28.7. The van der Waals surface area contributed by atoms with Gasteiger partial charge in [0.25, 0.3) is 0 Å². The molecule has 2 bridgehead atoms. The van der Waals surface area contributed by atoms with Gasteiger partial charge >= 0.3 is 11.8 Å². The fourth-order valence-electron chi connectivity index (χ4n) is 4.70. The molecular weight excluding hydrogens is 340 g/mol. The van der Waals surface area contributed by atoms with Crippen molar-refractivity contribution in [2.75, 3.05) is 13.2 Å². The average Bonchev–Trinajstić information content (AvgIpc) is 2.60. The van der Waals surface area contributed by atoms with Crippen LogP contribution in [-0.2, 0) is 20.9 Å². The summed E-state index contributed by atoms with van der Waals surface area (Å²) >= 11 is 0. The van der Waals surface area contributed by atoms with E-state index in [1.54, 1.807) is 0 Å². The van der Waals surface area contributed by atoms with E-state index in [0.29, 0.717) is 24.3 Å². The molecule has 1 saturated heterocycles. The van der Waals surface area contributed by atoms with E-state index in [-0.39, 0.29) is 11.5 Å². The zero-order valence-electron chi connectivity index (χ0n) is 16.1. The summed E-state index contributed by atoms with van der Waals surface area (Å²) in [7, 11) is 0. The molecule has 1 aromatic rings. The lowest BCUT2D eigenvalue weighted by Crippen LogP contribution is -2.58. The van der Waals surface area contributed by atoms with Crippen LogP contribution in [0.1, 0.15) is 43.7 Å². The Balaban J connectivity index is 1.26. The molecule has 5 heteroatoms. The molecule has 1 unspecified atom stereocenters. The Kier molecular flexibility index (Phi) is 4.58. The predicted octanol–water partition coefficient (Wildman–Crippen LogP) is 2.52. The average molecular weight is 368 g/mol. The first-order valence-electron chi connectivity index (χ1n) is 9.80. The SMILES string of the molecule is C=C1C(NC(=O)C(=O)NCc2ccc(C3COC3)cc2)C[C@H]2C[C@@H]1C2(C)C. The summed E-state index contributed by atoms with van der Waals surface area (Å²) < 4.78 is 5.21. The number of hydrogen-bond donors (Lipinski definition) is 2. The Hall–Kier alpha value is -2.14. The summed E-state index contributed by atoms with van der Waals surface area (Å²) in [6.45, 7) is 10.6. The van der Waals surface area contributed by atoms with Crippen LogP contribution in [0.5, 0.6) is 0 Å². The highest BCUT2D eigenvalue weighted by atomic mass is 16.5. The summed E-state index contributed by atoms with van der Waals surface area (Å²) in [5, 5.41) is 5.59. The van der Waals surface area contributed by atoms with Gasteiger partial charge in [0.2, 0.25) is 0 Å². The van der Waals surface area contributed by atoms with Gasteiger partial charge in [-0.15, -0.1) is 0 Å². The molecule has 0 spiro atoms. The summed E-state index contributed by atoms with van der Waals surface area (Å²) in [4.78, 5) is 24.5. The van der Waals surface area contributed by atoms with Crippen LogP contribution in [0.4, 0.5) is 0 Å². The maximum absolute atomic E-state index is 12.3. The molecule has 144 valence electrons. The number of nitrogens with one attached hydrogen (secondary N) is 2. The largest absolute Gasteiger partial charge is 0.380 e. The summed E-state index contributed by atoms with van der Waals surface area (Å²) in [5.74, 6) is 0.380. The second-order valence-corrected chi connectivity index (χ2v) is 8.80. The molecule has 27 heavy (non-hydrogen) atoms. The van der Waals surface area contributed by atoms with Crippen LogP contribution in [0.3, 0.4) is 0 Å². The van der Waals surface area contributed by atoms with E-state index in [1.165, 1.54) is 5.56 Å². The van der Waals surface area contributed by atoms with Crippen LogP contribution in [0.25, 0.3) is 0 Å². The lowest BCUT2D eigenvalue weighted by Gasteiger charge is -2.59. The fraction of sp³-hybridized carbons (Fsp3) is 0.545. The zero-order valence-corrected chi connectivity index (χ0v) is 16.1. The van der Waals surface area contributed by atoms with E-state index in [9.17, 15) is 9.59 Å². The standard InChI is InChI=1S/C22H28N2O3/c1-13-18-8-17(22(18,2)3)9-19(13)24-21(26)20(25)23-10-14-4-6-15(7-5-14)16-11-27-12-16/h4-7,16-19H,1,8-12H2,2-3H3,(H,23,25)(H,24,26)/t17-,18+,19?/m1/s1. The number of benzene rings is 1.